The number of carbonyl (C=O) groups is 3. The van der Waals surface area contributed by atoms with Gasteiger partial charge in [0, 0.05) is 37.6 Å². The molecule has 9 nitrogen and oxygen atoms in total. The van der Waals surface area contributed by atoms with Gasteiger partial charge in [-0.1, -0.05) is 60.1 Å². The largest absolute Gasteiger partial charge is 0.480 e. The number of nitrogens with zero attached hydrogens (tertiary/aromatic N) is 2. The summed E-state index contributed by atoms with van der Waals surface area (Å²) in [6.07, 6.45) is 0.669. The second-order valence-corrected chi connectivity index (χ2v) is 12.7. The fourth-order valence-corrected chi connectivity index (χ4v) is 7.15. The van der Waals surface area contributed by atoms with E-state index in [-0.39, 0.29) is 35.2 Å². The van der Waals surface area contributed by atoms with Crippen molar-refractivity contribution in [3.8, 4) is 11.1 Å². The van der Waals surface area contributed by atoms with Gasteiger partial charge in [0.05, 0.1) is 4.90 Å². The average molecular weight is 598 g/mol. The quantitative estimate of drug-likeness (QED) is 0.383. The molecule has 1 aliphatic heterocycles. The molecule has 11 heteroatoms. The van der Waals surface area contributed by atoms with E-state index in [1.807, 2.05) is 12.1 Å². The van der Waals surface area contributed by atoms with Crippen LogP contribution in [0.15, 0.2) is 77.7 Å². The molecule has 4 rings (SSSR count). The molecule has 1 fully saturated rings. The third-order valence-electron chi connectivity index (χ3n) is 7.32. The van der Waals surface area contributed by atoms with Crippen molar-refractivity contribution in [1.82, 2.24) is 14.5 Å². The maximum atomic E-state index is 13.5. The molecular formula is C30H32ClN3O6S. The summed E-state index contributed by atoms with van der Waals surface area (Å²) in [4.78, 5) is 39.7. The van der Waals surface area contributed by atoms with Crippen LogP contribution in [0.3, 0.4) is 0 Å². The molecule has 1 unspecified atom stereocenters. The van der Waals surface area contributed by atoms with Gasteiger partial charge in [0.25, 0.3) is 5.91 Å². The Kier molecular flexibility index (Phi) is 8.86. The lowest BCUT2D eigenvalue weighted by Gasteiger charge is -2.34. The van der Waals surface area contributed by atoms with Crippen molar-refractivity contribution < 1.29 is 27.9 Å². The van der Waals surface area contributed by atoms with Crippen LogP contribution in [0, 0.1) is 0 Å². The second-order valence-electron chi connectivity index (χ2n) is 10.4. The summed E-state index contributed by atoms with van der Waals surface area (Å²) in [5.74, 6) is -2.05. The Morgan fingerprint density at radius 2 is 1.73 bits per heavy atom. The molecule has 1 aliphatic rings. The zero-order valence-electron chi connectivity index (χ0n) is 23.0. The highest BCUT2D eigenvalue weighted by Gasteiger charge is 2.50. The van der Waals surface area contributed by atoms with Gasteiger partial charge in [-0.25, -0.2) is 13.2 Å². The Morgan fingerprint density at radius 3 is 2.37 bits per heavy atom. The van der Waals surface area contributed by atoms with E-state index in [4.69, 9.17) is 11.6 Å². The summed E-state index contributed by atoms with van der Waals surface area (Å²) in [7, 11) is -0.699. The van der Waals surface area contributed by atoms with Gasteiger partial charge >= 0.3 is 5.97 Å². The molecule has 0 radical (unpaired) electrons. The van der Waals surface area contributed by atoms with Crippen LogP contribution in [0.1, 0.15) is 35.7 Å². The first kappa shape index (κ1) is 30.2. The summed E-state index contributed by atoms with van der Waals surface area (Å²) in [5, 5.41) is 12.7. The van der Waals surface area contributed by atoms with Crippen LogP contribution in [-0.2, 0) is 26.0 Å². The molecule has 1 saturated heterocycles. The van der Waals surface area contributed by atoms with Gasteiger partial charge < -0.3 is 15.3 Å². The van der Waals surface area contributed by atoms with E-state index in [1.165, 1.54) is 30.0 Å². The zero-order chi connectivity index (χ0) is 29.9. The topological polar surface area (TPSA) is 124 Å². The van der Waals surface area contributed by atoms with Crippen LogP contribution < -0.4 is 5.32 Å². The molecular weight excluding hydrogens is 566 g/mol. The highest BCUT2D eigenvalue weighted by atomic mass is 35.5. The highest BCUT2D eigenvalue weighted by molar-refractivity contribution is 7.89. The third kappa shape index (κ3) is 6.29. The number of amides is 2. The maximum absolute atomic E-state index is 13.5. The van der Waals surface area contributed by atoms with Gasteiger partial charge in [0.1, 0.15) is 11.6 Å². The molecule has 0 saturated carbocycles. The number of carboxylic acid groups (broad SMARTS) is 1. The minimum absolute atomic E-state index is 0.0171. The number of rotatable bonds is 9. The molecule has 0 spiro atoms. The minimum atomic E-state index is -4.06. The smallest absolute Gasteiger partial charge is 0.326 e. The number of sulfonamides is 1. The monoisotopic (exact) mass is 597 g/mol. The van der Waals surface area contributed by atoms with Crippen molar-refractivity contribution in [2.45, 2.75) is 42.7 Å². The van der Waals surface area contributed by atoms with E-state index < -0.39 is 33.5 Å². The lowest BCUT2D eigenvalue weighted by Crippen LogP contribution is -2.58. The van der Waals surface area contributed by atoms with E-state index >= 15 is 0 Å². The Bertz CT molecular complexity index is 1580. The number of hydrogen-bond acceptors (Lipinski definition) is 5. The van der Waals surface area contributed by atoms with Gasteiger partial charge in [0.15, 0.2) is 0 Å². The maximum Gasteiger partial charge on any atom is 0.326 e. The Labute approximate surface area is 244 Å². The van der Waals surface area contributed by atoms with Gasteiger partial charge in [-0.05, 0) is 60.7 Å². The van der Waals surface area contributed by atoms with Crippen molar-refractivity contribution in [3.05, 3.63) is 88.9 Å². The van der Waals surface area contributed by atoms with Crippen molar-refractivity contribution in [3.63, 3.8) is 0 Å². The van der Waals surface area contributed by atoms with Crippen LogP contribution in [0.4, 0.5) is 0 Å². The highest BCUT2D eigenvalue weighted by Crippen LogP contribution is 2.35. The normalized spacial score (nSPS) is 18.0. The molecule has 3 aromatic carbocycles. The first-order chi connectivity index (χ1) is 19.3. The average Bonchev–Trinajstić information content (AvgIpc) is 3.36. The number of aliphatic carboxylic acids is 1. The molecule has 1 heterocycles. The summed E-state index contributed by atoms with van der Waals surface area (Å²) in [6.45, 7) is 1.63. The van der Waals surface area contributed by atoms with Gasteiger partial charge in [-0.2, -0.15) is 4.31 Å². The van der Waals surface area contributed by atoms with E-state index in [0.717, 1.165) is 15.4 Å². The Morgan fingerprint density at radius 1 is 1.05 bits per heavy atom. The van der Waals surface area contributed by atoms with E-state index in [2.05, 4.69) is 5.32 Å². The van der Waals surface area contributed by atoms with Crippen LogP contribution in [0.25, 0.3) is 11.1 Å². The van der Waals surface area contributed by atoms with Crippen molar-refractivity contribution in [2.24, 2.45) is 0 Å². The first-order valence-corrected chi connectivity index (χ1v) is 14.9. The number of halogens is 1. The molecule has 3 aromatic rings. The van der Waals surface area contributed by atoms with Crippen LogP contribution in [0.2, 0.25) is 5.02 Å². The van der Waals surface area contributed by atoms with Crippen molar-refractivity contribution in [2.75, 3.05) is 20.6 Å². The number of hydrogen-bond donors (Lipinski definition) is 2. The van der Waals surface area contributed by atoms with Crippen LogP contribution in [0.5, 0.6) is 0 Å². The first-order valence-electron chi connectivity index (χ1n) is 13.1. The number of nitrogens with one attached hydrogen (secondary N) is 1. The lowest BCUT2D eigenvalue weighted by atomic mass is 9.95. The van der Waals surface area contributed by atoms with Crippen LogP contribution in [-0.4, -0.2) is 72.7 Å². The molecule has 0 bridgehead atoms. The minimum Gasteiger partial charge on any atom is -0.480 e. The molecule has 2 N–H and O–H groups in total. The Balaban J connectivity index is 1.53. The molecule has 41 heavy (non-hydrogen) atoms. The fourth-order valence-electron chi connectivity index (χ4n) is 5.04. The van der Waals surface area contributed by atoms with Crippen molar-refractivity contribution >= 4 is 39.4 Å². The van der Waals surface area contributed by atoms with E-state index in [0.29, 0.717) is 17.5 Å². The zero-order valence-corrected chi connectivity index (χ0v) is 24.6. The fraction of sp³-hybridized carbons (Fsp3) is 0.300. The van der Waals surface area contributed by atoms with Gasteiger partial charge in [0.2, 0.25) is 15.9 Å². The SMILES string of the molecule is CN(C)C(=O)c1ccccc1-c1ccc(CC(NC(=O)[C@]2(C)CCCN2S(=O)(=O)c2cccc(Cl)c2)C(=O)O)cc1. The van der Waals surface area contributed by atoms with E-state index in [1.54, 1.807) is 56.6 Å². The molecule has 0 aliphatic carbocycles. The lowest BCUT2D eigenvalue weighted by molar-refractivity contribution is -0.143. The number of carbonyl (C=O) groups excluding carboxylic acids is 2. The molecule has 2 amide bonds. The number of benzene rings is 3. The molecule has 2 atom stereocenters. The van der Waals surface area contributed by atoms with Crippen molar-refractivity contribution in [1.29, 1.82) is 0 Å². The van der Waals surface area contributed by atoms with E-state index in [9.17, 15) is 27.9 Å². The van der Waals surface area contributed by atoms with Crippen LogP contribution >= 0.6 is 11.6 Å². The standard InChI is InChI=1S/C30H32ClN3O6S/c1-30(16-7-17-34(30)41(39,40)23-9-6-8-22(31)19-23)29(38)32-26(28(36)37)18-20-12-14-21(15-13-20)24-10-4-5-11-25(24)27(35)33(2)3/h4-6,8-15,19,26H,7,16-18H2,1-3H3,(H,32,38)(H,36,37)/t26?,30-/m0/s1. The summed E-state index contributed by atoms with van der Waals surface area (Å²) in [5.41, 5.74) is 1.26. The Hall–Kier alpha value is -3.73. The summed E-state index contributed by atoms with van der Waals surface area (Å²) >= 11 is 6.01. The number of carboxylic acids is 1. The predicted octanol–water partition coefficient (Wildman–Crippen LogP) is 4.06. The van der Waals surface area contributed by atoms with Gasteiger partial charge in [-0.3, -0.25) is 9.59 Å². The molecule has 216 valence electrons. The predicted molar refractivity (Wildman–Crippen MR) is 156 cm³/mol. The molecule has 0 aromatic heterocycles. The van der Waals surface area contributed by atoms with Gasteiger partial charge in [-0.15, -0.1) is 0 Å². The third-order valence-corrected chi connectivity index (χ3v) is 9.57. The summed E-state index contributed by atoms with van der Waals surface area (Å²) < 4.78 is 28.0. The second kappa shape index (κ2) is 12.0. The summed E-state index contributed by atoms with van der Waals surface area (Å²) in [6, 6.07) is 18.9.